The van der Waals surface area contributed by atoms with Crippen LogP contribution in [-0.4, -0.2) is 54.6 Å². The maximum atomic E-state index is 12.1. The molecular weight excluding hydrogens is 274 g/mol. The molecule has 0 radical (unpaired) electrons. The third-order valence-corrected chi connectivity index (χ3v) is 3.78. The van der Waals surface area contributed by atoms with Gasteiger partial charge >= 0.3 is 12.0 Å². The molecule has 0 spiro atoms. The van der Waals surface area contributed by atoms with Crippen LogP contribution >= 0.6 is 0 Å². The second-order valence-electron chi connectivity index (χ2n) is 5.05. The highest BCUT2D eigenvalue weighted by molar-refractivity contribution is 5.84. The van der Waals surface area contributed by atoms with Crippen LogP contribution in [0, 0.1) is 5.41 Å². The van der Waals surface area contributed by atoms with E-state index in [9.17, 15) is 19.5 Å². The Kier molecular flexibility index (Phi) is 8.42. The van der Waals surface area contributed by atoms with Crippen LogP contribution in [0.2, 0.25) is 0 Å². The molecule has 3 amide bonds. The van der Waals surface area contributed by atoms with Gasteiger partial charge in [-0.2, -0.15) is 0 Å². The highest BCUT2D eigenvalue weighted by atomic mass is 16.4. The Morgan fingerprint density at radius 1 is 1.14 bits per heavy atom. The van der Waals surface area contributed by atoms with Crippen molar-refractivity contribution in [1.82, 2.24) is 15.5 Å². The number of rotatable bonds is 9. The van der Waals surface area contributed by atoms with Crippen molar-refractivity contribution in [2.45, 2.75) is 40.0 Å². The first-order valence-corrected chi connectivity index (χ1v) is 7.33. The average Bonchev–Trinajstić information content (AvgIpc) is 2.47. The number of hydrogen-bond acceptors (Lipinski definition) is 3. The fourth-order valence-electron chi connectivity index (χ4n) is 2.01. The van der Waals surface area contributed by atoms with E-state index in [4.69, 9.17) is 0 Å². The van der Waals surface area contributed by atoms with Crippen LogP contribution in [0.15, 0.2) is 0 Å². The molecule has 21 heavy (non-hydrogen) atoms. The molecule has 0 atom stereocenters. The van der Waals surface area contributed by atoms with Gasteiger partial charge in [0.15, 0.2) is 0 Å². The lowest BCUT2D eigenvalue weighted by Crippen LogP contribution is -2.49. The van der Waals surface area contributed by atoms with Crippen molar-refractivity contribution in [1.29, 1.82) is 0 Å². The molecule has 0 aliphatic heterocycles. The number of carboxylic acid groups (broad SMARTS) is 1. The number of nitrogens with zero attached hydrogens (tertiary/aromatic N) is 1. The standard InChI is InChI=1S/C14H27N3O4/c1-5-8-17(9-11(18)15-4)13(21)16-10-14(6-2,7-3)12(19)20/h5-10H2,1-4H3,(H,15,18)(H,16,21)(H,19,20). The maximum Gasteiger partial charge on any atom is 0.317 e. The summed E-state index contributed by atoms with van der Waals surface area (Å²) in [5.74, 6) is -1.17. The Labute approximate surface area is 126 Å². The van der Waals surface area contributed by atoms with E-state index in [2.05, 4.69) is 10.6 Å². The van der Waals surface area contributed by atoms with Gasteiger partial charge in [-0.3, -0.25) is 9.59 Å². The summed E-state index contributed by atoms with van der Waals surface area (Å²) < 4.78 is 0. The minimum atomic E-state index is -0.958. The third-order valence-electron chi connectivity index (χ3n) is 3.78. The number of aliphatic carboxylic acids is 1. The Bertz CT molecular complexity index is 367. The molecule has 0 unspecified atom stereocenters. The molecule has 3 N–H and O–H groups in total. The quantitative estimate of drug-likeness (QED) is 0.592. The number of amides is 3. The topological polar surface area (TPSA) is 98.7 Å². The number of likely N-dealkylation sites (N-methyl/N-ethyl adjacent to an activating group) is 1. The fraction of sp³-hybridized carbons (Fsp3) is 0.786. The summed E-state index contributed by atoms with van der Waals surface area (Å²) in [6, 6.07) is -0.409. The van der Waals surface area contributed by atoms with Crippen LogP contribution < -0.4 is 10.6 Å². The molecule has 7 nitrogen and oxygen atoms in total. The van der Waals surface area contributed by atoms with Gasteiger partial charge in [-0.25, -0.2) is 4.79 Å². The van der Waals surface area contributed by atoms with Crippen molar-refractivity contribution in [3.05, 3.63) is 0 Å². The molecule has 0 aliphatic rings. The number of carbonyl (C=O) groups excluding carboxylic acids is 2. The molecular formula is C14H27N3O4. The van der Waals surface area contributed by atoms with Gasteiger partial charge in [-0.1, -0.05) is 20.8 Å². The SMILES string of the molecule is CCCN(CC(=O)NC)C(=O)NCC(CC)(CC)C(=O)O. The van der Waals surface area contributed by atoms with Crippen LogP contribution in [0.5, 0.6) is 0 Å². The van der Waals surface area contributed by atoms with E-state index in [1.165, 1.54) is 11.9 Å². The molecule has 0 saturated carbocycles. The molecule has 122 valence electrons. The van der Waals surface area contributed by atoms with Crippen LogP contribution in [0.25, 0.3) is 0 Å². The maximum absolute atomic E-state index is 12.1. The summed E-state index contributed by atoms with van der Waals surface area (Å²) in [5, 5.41) is 14.4. The predicted molar refractivity (Wildman–Crippen MR) is 80.0 cm³/mol. The first-order valence-electron chi connectivity index (χ1n) is 7.33. The lowest BCUT2D eigenvalue weighted by Gasteiger charge is -2.29. The molecule has 0 rings (SSSR count). The fourth-order valence-corrected chi connectivity index (χ4v) is 2.01. The molecule has 0 aliphatic carbocycles. The smallest absolute Gasteiger partial charge is 0.317 e. The van der Waals surface area contributed by atoms with E-state index in [1.807, 2.05) is 6.92 Å². The van der Waals surface area contributed by atoms with Crippen molar-refractivity contribution in [2.24, 2.45) is 5.41 Å². The number of hydrogen-bond donors (Lipinski definition) is 3. The predicted octanol–water partition coefficient (Wildman–Crippen LogP) is 1.05. The van der Waals surface area contributed by atoms with Crippen LogP contribution in [-0.2, 0) is 9.59 Å². The van der Waals surface area contributed by atoms with Crippen molar-refractivity contribution >= 4 is 17.9 Å². The van der Waals surface area contributed by atoms with E-state index in [1.54, 1.807) is 13.8 Å². The lowest BCUT2D eigenvalue weighted by atomic mass is 9.82. The highest BCUT2D eigenvalue weighted by Gasteiger charge is 2.35. The molecule has 7 heteroatoms. The zero-order chi connectivity index (χ0) is 16.5. The Hall–Kier alpha value is -1.79. The summed E-state index contributed by atoms with van der Waals surface area (Å²) in [4.78, 5) is 36.3. The van der Waals surface area contributed by atoms with E-state index >= 15 is 0 Å². The second kappa shape index (κ2) is 9.20. The molecule has 0 aromatic carbocycles. The monoisotopic (exact) mass is 301 g/mol. The van der Waals surface area contributed by atoms with Crippen LogP contribution in [0.1, 0.15) is 40.0 Å². The average molecular weight is 301 g/mol. The summed E-state index contributed by atoms with van der Waals surface area (Å²) in [5.41, 5.74) is -0.958. The van der Waals surface area contributed by atoms with Gasteiger partial charge in [-0.15, -0.1) is 0 Å². The largest absolute Gasteiger partial charge is 0.481 e. The van der Waals surface area contributed by atoms with Crippen LogP contribution in [0.3, 0.4) is 0 Å². The van der Waals surface area contributed by atoms with Gasteiger partial charge in [0.2, 0.25) is 5.91 Å². The van der Waals surface area contributed by atoms with Gasteiger partial charge in [0.25, 0.3) is 0 Å². The zero-order valence-electron chi connectivity index (χ0n) is 13.4. The van der Waals surface area contributed by atoms with Crippen molar-refractivity contribution in [3.63, 3.8) is 0 Å². The Morgan fingerprint density at radius 3 is 2.10 bits per heavy atom. The Morgan fingerprint density at radius 2 is 1.71 bits per heavy atom. The Balaban J connectivity index is 4.74. The minimum Gasteiger partial charge on any atom is -0.481 e. The van der Waals surface area contributed by atoms with Gasteiger partial charge in [0.05, 0.1) is 5.41 Å². The van der Waals surface area contributed by atoms with Crippen LogP contribution in [0.4, 0.5) is 4.79 Å². The molecule has 0 aromatic heterocycles. The van der Waals surface area contributed by atoms with Gasteiger partial charge in [0, 0.05) is 20.1 Å². The molecule has 0 aromatic rings. The summed E-state index contributed by atoms with van der Waals surface area (Å²) in [7, 11) is 1.51. The van der Waals surface area contributed by atoms with E-state index in [0.29, 0.717) is 19.4 Å². The normalized spacial score (nSPS) is 10.9. The summed E-state index contributed by atoms with van der Waals surface area (Å²) in [6.07, 6.45) is 1.58. The van der Waals surface area contributed by atoms with Crippen molar-refractivity contribution in [3.8, 4) is 0 Å². The van der Waals surface area contributed by atoms with Crippen molar-refractivity contribution < 1.29 is 19.5 Å². The van der Waals surface area contributed by atoms with E-state index < -0.39 is 17.4 Å². The first kappa shape index (κ1) is 19.2. The molecule has 0 saturated heterocycles. The van der Waals surface area contributed by atoms with Gasteiger partial charge in [0.1, 0.15) is 6.54 Å². The number of urea groups is 1. The van der Waals surface area contributed by atoms with Gasteiger partial charge in [-0.05, 0) is 19.3 Å². The molecule has 0 bridgehead atoms. The molecule has 0 fully saturated rings. The molecule has 0 heterocycles. The highest BCUT2D eigenvalue weighted by Crippen LogP contribution is 2.25. The summed E-state index contributed by atoms with van der Waals surface area (Å²) in [6.45, 7) is 5.95. The summed E-state index contributed by atoms with van der Waals surface area (Å²) >= 11 is 0. The zero-order valence-corrected chi connectivity index (χ0v) is 13.4. The number of nitrogens with one attached hydrogen (secondary N) is 2. The first-order chi connectivity index (χ1) is 9.86. The second-order valence-corrected chi connectivity index (χ2v) is 5.05. The third kappa shape index (κ3) is 5.61. The number of carbonyl (C=O) groups is 3. The van der Waals surface area contributed by atoms with Crippen molar-refractivity contribution in [2.75, 3.05) is 26.7 Å². The van der Waals surface area contributed by atoms with Gasteiger partial charge < -0.3 is 20.6 Å². The van der Waals surface area contributed by atoms with E-state index in [0.717, 1.165) is 6.42 Å². The minimum absolute atomic E-state index is 0.0332. The lowest BCUT2D eigenvalue weighted by molar-refractivity contribution is -0.149. The number of carboxylic acids is 1. The van der Waals surface area contributed by atoms with E-state index in [-0.39, 0.29) is 19.0 Å².